The summed E-state index contributed by atoms with van der Waals surface area (Å²) >= 11 is 5.05. The monoisotopic (exact) mass is 477 g/mol. The third-order valence-corrected chi connectivity index (χ3v) is 3.45. The van der Waals surface area contributed by atoms with E-state index in [0.29, 0.717) is 17.4 Å². The summed E-state index contributed by atoms with van der Waals surface area (Å²) in [6.45, 7) is 2.11. The van der Waals surface area contributed by atoms with Crippen molar-refractivity contribution >= 4 is 18.4 Å². The normalized spacial score (nSPS) is 23.2. The van der Waals surface area contributed by atoms with Crippen LogP contribution in [0.2, 0.25) is 0 Å². The number of fused-ring (bicyclic) bond motifs is 1. The van der Waals surface area contributed by atoms with Crippen molar-refractivity contribution < 1.29 is 22.4 Å². The zero-order chi connectivity index (χ0) is 14.0. The Labute approximate surface area is 138 Å². The molecule has 2 aromatic rings. The van der Waals surface area contributed by atoms with Gasteiger partial charge in [0.25, 0.3) is 0 Å². The first kappa shape index (κ1) is 17.4. The molecule has 2 aromatic heterocycles. The van der Waals surface area contributed by atoms with Gasteiger partial charge in [0, 0.05) is 35.2 Å². The molecule has 1 fully saturated rings. The van der Waals surface area contributed by atoms with Gasteiger partial charge in [-0.15, -0.1) is 0 Å². The van der Waals surface area contributed by atoms with Crippen LogP contribution in [0.3, 0.4) is 0 Å². The Hall–Kier alpha value is -0.680. The van der Waals surface area contributed by atoms with Crippen LogP contribution in [-0.2, 0) is 35.0 Å². The average molecular weight is 477 g/mol. The molecule has 1 aliphatic rings. The van der Waals surface area contributed by atoms with Crippen LogP contribution in [0.25, 0.3) is 5.78 Å². The van der Waals surface area contributed by atoms with E-state index in [9.17, 15) is 0 Å². The summed E-state index contributed by atoms with van der Waals surface area (Å²) in [6, 6.07) is 1.56. The summed E-state index contributed by atoms with van der Waals surface area (Å²) in [5, 5.41) is 13.1. The predicted molar refractivity (Wildman–Crippen MR) is 71.4 cm³/mol. The fourth-order valence-electron chi connectivity index (χ4n) is 1.58. The number of nitrogens with zero attached hydrogens (tertiary/aromatic N) is 6. The fourth-order valence-corrected chi connectivity index (χ4v) is 1.92. The minimum Gasteiger partial charge on any atom is -0.757 e. The molecule has 0 bridgehead atoms. The Kier molecular flexibility index (Phi) is 6.40. The van der Waals surface area contributed by atoms with Gasteiger partial charge >= 0.3 is 0 Å². The maximum Gasteiger partial charge on any atom is 0.0868 e. The Morgan fingerprint density at radius 1 is 1.45 bits per heavy atom. The largest absolute Gasteiger partial charge is 0.757 e. The van der Waals surface area contributed by atoms with Crippen molar-refractivity contribution in [2.75, 3.05) is 14.1 Å². The summed E-state index contributed by atoms with van der Waals surface area (Å²) in [5.41, 5.74) is 3.44. The molecule has 0 amide bonds. The van der Waals surface area contributed by atoms with Gasteiger partial charge in [-0.3, -0.25) is 20.3 Å². The zero-order valence-electron chi connectivity index (χ0n) is 11.3. The molecule has 2 atom stereocenters. The topological polar surface area (TPSA) is 86.6 Å². The van der Waals surface area contributed by atoms with Crippen LogP contribution in [0.1, 0.15) is 6.92 Å². The maximum absolute atomic E-state index is 7.30. The first-order valence-corrected chi connectivity index (χ1v) is 6.21. The van der Waals surface area contributed by atoms with Crippen LogP contribution in [-0.4, -0.2) is 50.3 Å². The predicted octanol–water partition coefficient (Wildman–Crippen LogP) is -1.29. The van der Waals surface area contributed by atoms with Gasteiger partial charge in [-0.25, -0.2) is 10.1 Å². The van der Waals surface area contributed by atoms with E-state index in [1.54, 1.807) is 6.07 Å². The van der Waals surface area contributed by atoms with Crippen molar-refractivity contribution in [1.29, 1.82) is 5.41 Å². The summed E-state index contributed by atoms with van der Waals surface area (Å²) in [5.74, 6) is 0.465. The van der Waals surface area contributed by atoms with E-state index in [2.05, 4.69) is 32.3 Å². The third-order valence-electron chi connectivity index (χ3n) is 3.01. The molecule has 8 nitrogen and oxygen atoms in total. The maximum atomic E-state index is 7.30. The van der Waals surface area contributed by atoms with Crippen LogP contribution in [0.5, 0.6) is 0 Å². The molecule has 115 valence electrons. The van der Waals surface area contributed by atoms with Gasteiger partial charge in [0.05, 0.1) is 18.0 Å². The van der Waals surface area contributed by atoms with Gasteiger partial charge in [0.2, 0.25) is 0 Å². The van der Waals surface area contributed by atoms with Gasteiger partial charge in [-0.05, 0) is 31.7 Å². The quantitative estimate of drug-likeness (QED) is 0.361. The summed E-state index contributed by atoms with van der Waals surface area (Å²) in [6.07, 6.45) is 3.32. The summed E-state index contributed by atoms with van der Waals surface area (Å²) in [4.78, 5) is 9.76. The van der Waals surface area contributed by atoms with Gasteiger partial charge in [-0.1, -0.05) is 0 Å². The number of aromatic nitrogens is 4. The molecule has 20 heavy (non-hydrogen) atoms. The molecule has 1 saturated heterocycles. The SMILES string of the molecule is CC1N(C)NC([S-])N1C.N=c1cc[n-]c2ncnn12.[Au]. The molecule has 3 rings (SSSR count). The van der Waals surface area contributed by atoms with Crippen LogP contribution in [0, 0.1) is 5.41 Å². The molecule has 1 aliphatic heterocycles. The standard InChI is InChI=1S/C5H4N5.C5H13N3S.Au/c6-4-1-2-7-5-8-3-9-10(4)5;1-4-7(2)5(9)6-8(4)3;/h1-3,6H;4-6,9H,1-3H3;/q-1;;/p-1. The molecule has 2 unspecified atom stereocenters. The molecule has 0 spiro atoms. The molecule has 1 radical (unpaired) electrons. The van der Waals surface area contributed by atoms with E-state index < -0.39 is 0 Å². The summed E-state index contributed by atoms with van der Waals surface area (Å²) < 4.78 is 1.36. The second-order valence-electron chi connectivity index (χ2n) is 4.19. The van der Waals surface area contributed by atoms with Crippen molar-refractivity contribution in [2.24, 2.45) is 0 Å². The molecule has 2 N–H and O–H groups in total. The smallest absolute Gasteiger partial charge is 0.0868 e. The van der Waals surface area contributed by atoms with Crippen LogP contribution < -0.4 is 15.9 Å². The second kappa shape index (κ2) is 7.36. The van der Waals surface area contributed by atoms with E-state index in [1.165, 1.54) is 17.0 Å². The number of rotatable bonds is 0. The van der Waals surface area contributed by atoms with Crippen molar-refractivity contribution in [3.63, 3.8) is 0 Å². The van der Waals surface area contributed by atoms with Crippen LogP contribution in [0.4, 0.5) is 0 Å². The zero-order valence-corrected chi connectivity index (χ0v) is 14.3. The van der Waals surface area contributed by atoms with Crippen LogP contribution >= 0.6 is 0 Å². The number of nitrogens with one attached hydrogen (secondary N) is 2. The van der Waals surface area contributed by atoms with Gasteiger partial charge in [0.1, 0.15) is 0 Å². The minimum absolute atomic E-state index is 0. The second-order valence-corrected chi connectivity index (χ2v) is 4.64. The molecule has 3 heterocycles. The van der Waals surface area contributed by atoms with E-state index >= 15 is 0 Å². The Bertz CT molecular complexity index is 586. The van der Waals surface area contributed by atoms with E-state index in [1.807, 2.05) is 19.1 Å². The molecular formula is C10H16AuN8S-2. The fraction of sp³-hybridized carbons (Fsp3) is 0.500. The van der Waals surface area contributed by atoms with Crippen molar-refractivity contribution in [3.8, 4) is 0 Å². The molecule has 0 aromatic carbocycles. The first-order valence-electron chi connectivity index (χ1n) is 5.74. The minimum atomic E-state index is 0. The average Bonchev–Trinajstić information content (AvgIpc) is 2.94. The van der Waals surface area contributed by atoms with Crippen molar-refractivity contribution in [1.82, 2.24) is 34.9 Å². The molecule has 0 aliphatic carbocycles. The molecular weight excluding hydrogens is 461 g/mol. The molecule has 0 saturated carbocycles. The Morgan fingerprint density at radius 3 is 2.60 bits per heavy atom. The van der Waals surface area contributed by atoms with Crippen molar-refractivity contribution in [3.05, 3.63) is 24.1 Å². The van der Waals surface area contributed by atoms with E-state index in [-0.39, 0.29) is 27.9 Å². The molecule has 10 heteroatoms. The van der Waals surface area contributed by atoms with Crippen LogP contribution in [0.15, 0.2) is 18.6 Å². The van der Waals surface area contributed by atoms with Gasteiger partial charge in [-0.2, -0.15) is 0 Å². The number of hydrogen-bond acceptors (Lipinski definition) is 7. The van der Waals surface area contributed by atoms with Gasteiger partial charge in [0.15, 0.2) is 0 Å². The first-order chi connectivity index (χ1) is 9.00. The number of hydrazine groups is 1. The number of hydrogen-bond donors (Lipinski definition) is 2. The third kappa shape index (κ3) is 3.70. The van der Waals surface area contributed by atoms with E-state index in [0.717, 1.165) is 0 Å². The Balaban J connectivity index is 0.000000192. The van der Waals surface area contributed by atoms with E-state index in [4.69, 9.17) is 18.0 Å². The van der Waals surface area contributed by atoms with Gasteiger partial charge < -0.3 is 22.6 Å². The van der Waals surface area contributed by atoms with Crippen molar-refractivity contribution in [2.45, 2.75) is 18.6 Å². The Morgan fingerprint density at radius 2 is 2.15 bits per heavy atom. The summed E-state index contributed by atoms with van der Waals surface area (Å²) in [7, 11) is 4.01.